The third kappa shape index (κ3) is 3.51. The molecule has 2 heterocycles. The van der Waals surface area contributed by atoms with E-state index in [2.05, 4.69) is 10.3 Å². The summed E-state index contributed by atoms with van der Waals surface area (Å²) >= 11 is 4.80. The molecule has 20 heavy (non-hydrogen) atoms. The van der Waals surface area contributed by atoms with Gasteiger partial charge in [-0.1, -0.05) is 12.2 Å². The first kappa shape index (κ1) is 14.4. The fraction of sp³-hybridized carbons (Fsp3) is 0.385. The number of carbonyl (C=O) groups is 2. The Balaban J connectivity index is 1.88. The minimum Gasteiger partial charge on any atom is -0.389 e. The molecule has 3 N–H and O–H groups in total. The zero-order valence-corrected chi connectivity index (χ0v) is 11.8. The largest absolute Gasteiger partial charge is 0.389 e. The van der Waals surface area contributed by atoms with Crippen LogP contribution in [-0.2, 0) is 4.79 Å². The quantitative estimate of drug-likeness (QED) is 0.767. The van der Waals surface area contributed by atoms with Gasteiger partial charge in [0.05, 0.1) is 6.54 Å². The topological polar surface area (TPSA) is 88.3 Å². The molecule has 106 valence electrons. The van der Waals surface area contributed by atoms with Crippen LogP contribution in [0.4, 0.5) is 0 Å². The minimum atomic E-state index is -0.382. The number of hydrogen-bond donors (Lipinski definition) is 2. The number of hydrogen-bond acceptors (Lipinski definition) is 4. The van der Waals surface area contributed by atoms with Crippen molar-refractivity contribution >= 4 is 29.0 Å². The van der Waals surface area contributed by atoms with Crippen molar-refractivity contribution in [2.75, 3.05) is 19.6 Å². The van der Waals surface area contributed by atoms with Crippen molar-refractivity contribution in [1.29, 1.82) is 0 Å². The van der Waals surface area contributed by atoms with Crippen LogP contribution in [0.3, 0.4) is 0 Å². The van der Waals surface area contributed by atoms with Crippen LogP contribution >= 0.6 is 12.2 Å². The summed E-state index contributed by atoms with van der Waals surface area (Å²) in [7, 11) is 0. The smallest absolute Gasteiger partial charge is 0.270 e. The molecule has 1 saturated heterocycles. The van der Waals surface area contributed by atoms with Crippen molar-refractivity contribution in [3.8, 4) is 0 Å². The van der Waals surface area contributed by atoms with Gasteiger partial charge in [0, 0.05) is 24.8 Å². The molecule has 0 spiro atoms. The molecule has 0 saturated carbocycles. The van der Waals surface area contributed by atoms with Gasteiger partial charge < -0.3 is 16.0 Å². The van der Waals surface area contributed by atoms with Gasteiger partial charge >= 0.3 is 0 Å². The van der Waals surface area contributed by atoms with E-state index in [1.54, 1.807) is 11.0 Å². The molecule has 1 aliphatic heterocycles. The van der Waals surface area contributed by atoms with E-state index < -0.39 is 0 Å². The highest BCUT2D eigenvalue weighted by Crippen LogP contribution is 2.07. The van der Waals surface area contributed by atoms with E-state index in [0.29, 0.717) is 5.56 Å². The standard InChI is InChI=1S/C13H16N4O2S/c14-12(20)9-3-4-10(15-7-9)13(19)16-8-11(18)17-5-1-2-6-17/h3-4,7H,1-2,5-6,8H2,(H2,14,20)(H,16,19). The second-order valence-corrected chi connectivity index (χ2v) is 5.01. The lowest BCUT2D eigenvalue weighted by Gasteiger charge is -2.15. The number of nitrogens with one attached hydrogen (secondary N) is 1. The second kappa shape index (κ2) is 6.42. The highest BCUT2D eigenvalue weighted by atomic mass is 32.1. The summed E-state index contributed by atoms with van der Waals surface area (Å²) in [4.78, 5) is 29.6. The van der Waals surface area contributed by atoms with E-state index in [4.69, 9.17) is 18.0 Å². The summed E-state index contributed by atoms with van der Waals surface area (Å²) in [5.74, 6) is -0.442. The monoisotopic (exact) mass is 292 g/mol. The van der Waals surface area contributed by atoms with Crippen LogP contribution in [0.15, 0.2) is 18.3 Å². The zero-order chi connectivity index (χ0) is 14.5. The van der Waals surface area contributed by atoms with Crippen molar-refractivity contribution in [2.24, 2.45) is 5.73 Å². The molecule has 1 fully saturated rings. The van der Waals surface area contributed by atoms with Gasteiger partial charge in [0.1, 0.15) is 10.7 Å². The first-order valence-corrected chi connectivity index (χ1v) is 6.80. The third-order valence-corrected chi connectivity index (χ3v) is 3.38. The van der Waals surface area contributed by atoms with Crippen LogP contribution in [0, 0.1) is 0 Å². The van der Waals surface area contributed by atoms with Crippen molar-refractivity contribution < 1.29 is 9.59 Å². The predicted octanol–water partition coefficient (Wildman–Crippen LogP) is 0.0680. The summed E-state index contributed by atoms with van der Waals surface area (Å²) in [6.45, 7) is 1.54. The fourth-order valence-corrected chi connectivity index (χ4v) is 2.12. The second-order valence-electron chi connectivity index (χ2n) is 4.57. The summed E-state index contributed by atoms with van der Waals surface area (Å²) in [5.41, 5.74) is 6.29. The molecule has 2 amide bonds. The van der Waals surface area contributed by atoms with Crippen LogP contribution in [0.25, 0.3) is 0 Å². The molecular formula is C13H16N4O2S. The molecule has 2 rings (SSSR count). The van der Waals surface area contributed by atoms with Crippen LogP contribution in [0.1, 0.15) is 28.9 Å². The fourth-order valence-electron chi connectivity index (χ4n) is 2.00. The predicted molar refractivity (Wildman–Crippen MR) is 78.3 cm³/mol. The van der Waals surface area contributed by atoms with Crippen LogP contribution in [0.2, 0.25) is 0 Å². The lowest BCUT2D eigenvalue weighted by atomic mass is 10.2. The molecule has 1 aliphatic rings. The highest BCUT2D eigenvalue weighted by Gasteiger charge is 2.18. The molecular weight excluding hydrogens is 276 g/mol. The van der Waals surface area contributed by atoms with Crippen molar-refractivity contribution in [3.63, 3.8) is 0 Å². The van der Waals surface area contributed by atoms with E-state index in [1.807, 2.05) is 0 Å². The van der Waals surface area contributed by atoms with Gasteiger partial charge in [-0.3, -0.25) is 14.6 Å². The van der Waals surface area contributed by atoms with E-state index in [1.165, 1.54) is 12.3 Å². The number of nitrogens with two attached hydrogens (primary N) is 1. The Kier molecular flexibility index (Phi) is 4.62. The number of aromatic nitrogens is 1. The first-order valence-electron chi connectivity index (χ1n) is 6.40. The maximum Gasteiger partial charge on any atom is 0.270 e. The Labute approximate surface area is 122 Å². The Morgan fingerprint density at radius 2 is 2.05 bits per heavy atom. The van der Waals surface area contributed by atoms with Gasteiger partial charge in [0.15, 0.2) is 0 Å². The lowest BCUT2D eigenvalue weighted by Crippen LogP contribution is -2.38. The minimum absolute atomic E-state index is 0.00241. The van der Waals surface area contributed by atoms with Gasteiger partial charge in [0.25, 0.3) is 5.91 Å². The summed E-state index contributed by atoms with van der Waals surface area (Å²) in [5, 5.41) is 2.57. The highest BCUT2D eigenvalue weighted by molar-refractivity contribution is 7.80. The number of thiocarbonyl (C=S) groups is 1. The molecule has 7 heteroatoms. The molecule has 1 aromatic rings. The number of pyridine rings is 1. The Morgan fingerprint density at radius 1 is 1.35 bits per heavy atom. The molecule has 0 aliphatic carbocycles. The molecule has 0 unspecified atom stereocenters. The Hall–Kier alpha value is -2.02. The Morgan fingerprint density at radius 3 is 2.60 bits per heavy atom. The van der Waals surface area contributed by atoms with E-state index >= 15 is 0 Å². The summed E-state index contributed by atoms with van der Waals surface area (Å²) in [6.07, 6.45) is 3.50. The average Bonchev–Trinajstić information content (AvgIpc) is 2.98. The third-order valence-electron chi connectivity index (χ3n) is 3.14. The maximum atomic E-state index is 11.8. The van der Waals surface area contributed by atoms with E-state index in [0.717, 1.165) is 25.9 Å². The van der Waals surface area contributed by atoms with Gasteiger partial charge in [-0.25, -0.2) is 0 Å². The van der Waals surface area contributed by atoms with Crippen molar-refractivity contribution in [3.05, 3.63) is 29.6 Å². The van der Waals surface area contributed by atoms with Crippen LogP contribution < -0.4 is 11.1 Å². The molecule has 0 aromatic carbocycles. The molecule has 0 atom stereocenters. The zero-order valence-electron chi connectivity index (χ0n) is 11.0. The molecule has 6 nitrogen and oxygen atoms in total. The van der Waals surface area contributed by atoms with Gasteiger partial charge in [0.2, 0.25) is 5.91 Å². The van der Waals surface area contributed by atoms with E-state index in [-0.39, 0.29) is 29.0 Å². The normalized spacial score (nSPS) is 14.1. The number of amides is 2. The number of carbonyl (C=O) groups excluding carboxylic acids is 2. The summed E-state index contributed by atoms with van der Waals surface area (Å²) < 4.78 is 0. The van der Waals surface area contributed by atoms with Gasteiger partial charge in [-0.2, -0.15) is 0 Å². The molecule has 0 bridgehead atoms. The van der Waals surface area contributed by atoms with Crippen molar-refractivity contribution in [1.82, 2.24) is 15.2 Å². The van der Waals surface area contributed by atoms with Gasteiger partial charge in [-0.05, 0) is 25.0 Å². The first-order chi connectivity index (χ1) is 9.58. The SMILES string of the molecule is NC(=S)c1ccc(C(=O)NCC(=O)N2CCCC2)nc1. The lowest BCUT2D eigenvalue weighted by molar-refractivity contribution is -0.129. The summed E-state index contributed by atoms with van der Waals surface area (Å²) in [6, 6.07) is 3.16. The van der Waals surface area contributed by atoms with Crippen LogP contribution in [0.5, 0.6) is 0 Å². The van der Waals surface area contributed by atoms with Gasteiger partial charge in [-0.15, -0.1) is 0 Å². The van der Waals surface area contributed by atoms with E-state index in [9.17, 15) is 9.59 Å². The maximum absolute atomic E-state index is 11.8. The molecule has 0 radical (unpaired) electrons. The van der Waals surface area contributed by atoms with Crippen LogP contribution in [-0.4, -0.2) is 46.3 Å². The number of nitrogens with zero attached hydrogens (tertiary/aromatic N) is 2. The number of rotatable bonds is 4. The van der Waals surface area contributed by atoms with Crippen molar-refractivity contribution in [2.45, 2.75) is 12.8 Å². The Bertz CT molecular complexity index is 524. The number of likely N-dealkylation sites (tertiary alicyclic amines) is 1. The molecule has 1 aromatic heterocycles. The average molecular weight is 292 g/mol.